The Bertz CT molecular complexity index is 738. The highest BCUT2D eigenvalue weighted by atomic mass is 15.3. The van der Waals surface area contributed by atoms with Crippen molar-refractivity contribution in [2.45, 2.75) is 0 Å². The third kappa shape index (κ3) is 2.22. The average Bonchev–Trinajstić information content (AvgIpc) is 2.98. The van der Waals surface area contributed by atoms with E-state index in [-0.39, 0.29) is 0 Å². The van der Waals surface area contributed by atoms with Crippen molar-refractivity contribution in [1.82, 2.24) is 14.8 Å². The quantitative estimate of drug-likeness (QED) is 0.698. The van der Waals surface area contributed by atoms with Crippen molar-refractivity contribution in [3.8, 4) is 23.0 Å². The zero-order valence-electron chi connectivity index (χ0n) is 10.1. The van der Waals surface area contributed by atoms with E-state index in [1.165, 1.54) is 0 Å². The molecule has 0 N–H and O–H groups in total. The van der Waals surface area contributed by atoms with Crippen LogP contribution in [0.5, 0.6) is 0 Å². The minimum absolute atomic E-state index is 0.571. The first-order valence-electron chi connectivity index (χ1n) is 5.83. The molecule has 0 saturated carbocycles. The normalized spacial score (nSPS) is 10.1. The molecule has 4 nitrogen and oxygen atoms in total. The van der Waals surface area contributed by atoms with E-state index in [1.54, 1.807) is 29.2 Å². The number of pyridine rings is 1. The summed E-state index contributed by atoms with van der Waals surface area (Å²) in [5.74, 6) is 0.640. The lowest BCUT2D eigenvalue weighted by molar-refractivity contribution is 0.846. The lowest BCUT2D eigenvalue weighted by atomic mass is 10.1. The Morgan fingerprint density at radius 2 is 1.89 bits per heavy atom. The summed E-state index contributed by atoms with van der Waals surface area (Å²) in [4.78, 5) is 4.21. The van der Waals surface area contributed by atoms with Crippen molar-refractivity contribution >= 4 is 0 Å². The Labute approximate surface area is 110 Å². The molecule has 1 aromatic carbocycles. The standard InChI is InChI=1S/C15H10N4/c16-9-12-6-7-17-15(8-12)19-11-14(10-18-19)13-4-2-1-3-5-13/h1-8,10-11H. The first-order chi connectivity index (χ1) is 9.36. The van der Waals surface area contributed by atoms with Gasteiger partial charge in [0.1, 0.15) is 0 Å². The maximum Gasteiger partial charge on any atom is 0.154 e. The van der Waals surface area contributed by atoms with E-state index in [1.807, 2.05) is 36.5 Å². The third-order valence-electron chi connectivity index (χ3n) is 2.80. The Morgan fingerprint density at radius 3 is 2.68 bits per heavy atom. The molecule has 0 fully saturated rings. The Balaban J connectivity index is 2.00. The van der Waals surface area contributed by atoms with E-state index in [4.69, 9.17) is 5.26 Å². The second-order valence-corrected chi connectivity index (χ2v) is 4.05. The number of hydrogen-bond acceptors (Lipinski definition) is 3. The molecule has 0 saturated heterocycles. The van der Waals surface area contributed by atoms with Gasteiger partial charge in [-0.15, -0.1) is 0 Å². The fourth-order valence-corrected chi connectivity index (χ4v) is 1.84. The molecule has 2 aromatic heterocycles. The monoisotopic (exact) mass is 246 g/mol. The van der Waals surface area contributed by atoms with Crippen LogP contribution in [-0.4, -0.2) is 14.8 Å². The highest BCUT2D eigenvalue weighted by Gasteiger charge is 2.04. The summed E-state index contributed by atoms with van der Waals surface area (Å²) in [6.07, 6.45) is 5.30. The maximum atomic E-state index is 8.88. The predicted octanol–water partition coefficient (Wildman–Crippen LogP) is 2.81. The summed E-state index contributed by atoms with van der Waals surface area (Å²) in [6.45, 7) is 0. The van der Waals surface area contributed by atoms with Crippen LogP contribution in [0.2, 0.25) is 0 Å². The number of benzene rings is 1. The average molecular weight is 246 g/mol. The van der Waals surface area contributed by atoms with E-state index < -0.39 is 0 Å². The molecule has 0 aliphatic rings. The van der Waals surface area contributed by atoms with Gasteiger partial charge in [-0.1, -0.05) is 30.3 Å². The molecule has 0 aliphatic heterocycles. The van der Waals surface area contributed by atoms with Gasteiger partial charge in [0.2, 0.25) is 0 Å². The van der Waals surface area contributed by atoms with Crippen LogP contribution in [0.15, 0.2) is 61.1 Å². The van der Waals surface area contributed by atoms with E-state index in [2.05, 4.69) is 16.2 Å². The SMILES string of the molecule is N#Cc1ccnc(-n2cc(-c3ccccc3)cn2)c1. The summed E-state index contributed by atoms with van der Waals surface area (Å²) in [7, 11) is 0. The summed E-state index contributed by atoms with van der Waals surface area (Å²) >= 11 is 0. The van der Waals surface area contributed by atoms with Crippen LogP contribution in [0, 0.1) is 11.3 Å². The number of hydrogen-bond donors (Lipinski definition) is 0. The zero-order valence-corrected chi connectivity index (χ0v) is 10.1. The van der Waals surface area contributed by atoms with E-state index in [0.29, 0.717) is 11.4 Å². The molecule has 3 rings (SSSR count). The molecule has 0 spiro atoms. The van der Waals surface area contributed by atoms with Crippen molar-refractivity contribution in [2.24, 2.45) is 0 Å². The fraction of sp³-hybridized carbons (Fsp3) is 0. The van der Waals surface area contributed by atoms with Gasteiger partial charge in [0.15, 0.2) is 5.82 Å². The van der Waals surface area contributed by atoms with Gasteiger partial charge in [-0.2, -0.15) is 10.4 Å². The smallest absolute Gasteiger partial charge is 0.154 e. The minimum Gasteiger partial charge on any atom is -0.237 e. The number of nitriles is 1. The molecule has 0 radical (unpaired) electrons. The topological polar surface area (TPSA) is 54.5 Å². The predicted molar refractivity (Wildman–Crippen MR) is 71.5 cm³/mol. The van der Waals surface area contributed by atoms with Gasteiger partial charge in [0.05, 0.1) is 17.8 Å². The molecule has 0 bridgehead atoms. The molecule has 0 aliphatic carbocycles. The number of rotatable bonds is 2. The molecule has 4 heteroatoms. The second kappa shape index (κ2) is 4.75. The summed E-state index contributed by atoms with van der Waals surface area (Å²) < 4.78 is 1.67. The van der Waals surface area contributed by atoms with E-state index >= 15 is 0 Å². The first-order valence-corrected chi connectivity index (χ1v) is 5.83. The molecule has 90 valence electrons. The summed E-state index contributed by atoms with van der Waals surface area (Å²) in [5, 5.41) is 13.2. The Morgan fingerprint density at radius 1 is 1.05 bits per heavy atom. The van der Waals surface area contributed by atoms with Gasteiger partial charge in [-0.05, 0) is 11.6 Å². The van der Waals surface area contributed by atoms with Crippen LogP contribution in [-0.2, 0) is 0 Å². The van der Waals surface area contributed by atoms with Gasteiger partial charge in [0, 0.05) is 24.0 Å². The van der Waals surface area contributed by atoms with Crippen LogP contribution in [0.3, 0.4) is 0 Å². The van der Waals surface area contributed by atoms with Crippen LogP contribution in [0.4, 0.5) is 0 Å². The van der Waals surface area contributed by atoms with Crippen LogP contribution in [0.25, 0.3) is 16.9 Å². The molecule has 2 heterocycles. The highest BCUT2D eigenvalue weighted by Crippen LogP contribution is 2.19. The van der Waals surface area contributed by atoms with Gasteiger partial charge < -0.3 is 0 Å². The molecule has 19 heavy (non-hydrogen) atoms. The first kappa shape index (κ1) is 11.2. The molecular formula is C15H10N4. The molecule has 0 unspecified atom stereocenters. The maximum absolute atomic E-state index is 8.88. The Hall–Kier alpha value is -2.93. The molecule has 0 amide bonds. The van der Waals surface area contributed by atoms with Gasteiger partial charge in [0.25, 0.3) is 0 Å². The highest BCUT2D eigenvalue weighted by molar-refractivity contribution is 5.61. The molecule has 0 atom stereocenters. The van der Waals surface area contributed by atoms with Gasteiger partial charge in [-0.25, -0.2) is 9.67 Å². The van der Waals surface area contributed by atoms with Crippen LogP contribution < -0.4 is 0 Å². The zero-order chi connectivity index (χ0) is 13.1. The summed E-state index contributed by atoms with van der Waals surface area (Å²) in [6, 6.07) is 15.5. The van der Waals surface area contributed by atoms with Gasteiger partial charge in [-0.3, -0.25) is 0 Å². The van der Waals surface area contributed by atoms with E-state index in [9.17, 15) is 0 Å². The summed E-state index contributed by atoms with van der Waals surface area (Å²) in [5.41, 5.74) is 2.69. The van der Waals surface area contributed by atoms with Crippen molar-refractivity contribution in [3.63, 3.8) is 0 Å². The number of nitrogens with zero attached hydrogens (tertiary/aromatic N) is 4. The second-order valence-electron chi connectivity index (χ2n) is 4.05. The van der Waals surface area contributed by atoms with Crippen LogP contribution >= 0.6 is 0 Å². The minimum atomic E-state index is 0.571. The molecular weight excluding hydrogens is 236 g/mol. The Kier molecular flexibility index (Phi) is 2.79. The lowest BCUT2D eigenvalue weighted by Gasteiger charge is -1.99. The van der Waals surface area contributed by atoms with Crippen LogP contribution in [0.1, 0.15) is 5.56 Å². The van der Waals surface area contributed by atoms with Crippen molar-refractivity contribution in [2.75, 3.05) is 0 Å². The van der Waals surface area contributed by atoms with E-state index in [0.717, 1.165) is 11.1 Å². The molecule has 3 aromatic rings. The largest absolute Gasteiger partial charge is 0.237 e. The fourth-order valence-electron chi connectivity index (χ4n) is 1.84. The van der Waals surface area contributed by atoms with Gasteiger partial charge >= 0.3 is 0 Å². The third-order valence-corrected chi connectivity index (χ3v) is 2.80. The lowest BCUT2D eigenvalue weighted by Crippen LogP contribution is -1.97. The number of aromatic nitrogens is 3. The van der Waals surface area contributed by atoms with Crippen molar-refractivity contribution in [3.05, 3.63) is 66.6 Å². The van der Waals surface area contributed by atoms with Crippen molar-refractivity contribution in [1.29, 1.82) is 5.26 Å². The van der Waals surface area contributed by atoms with Crippen molar-refractivity contribution < 1.29 is 0 Å².